The standard InChI is InChI=1S/C14H23N3S/c1-2-8-18-13(3-1)10-17-11-16-9-14(17)12-4-6-15-7-5-12/h9,11-13,15H,1-8,10H2. The lowest BCUT2D eigenvalue weighted by Gasteiger charge is -2.26. The normalized spacial score (nSPS) is 26.3. The first kappa shape index (κ1) is 12.5. The third-order valence-corrected chi connectivity index (χ3v) is 5.56. The van der Waals surface area contributed by atoms with Gasteiger partial charge in [0.1, 0.15) is 0 Å². The third kappa shape index (κ3) is 2.91. The first-order valence-electron chi connectivity index (χ1n) is 7.26. The van der Waals surface area contributed by atoms with Gasteiger partial charge in [-0.15, -0.1) is 0 Å². The van der Waals surface area contributed by atoms with Crippen LogP contribution in [-0.2, 0) is 6.54 Å². The second-order valence-electron chi connectivity index (χ2n) is 5.48. The summed E-state index contributed by atoms with van der Waals surface area (Å²) >= 11 is 2.16. The van der Waals surface area contributed by atoms with E-state index in [0.29, 0.717) is 0 Å². The van der Waals surface area contributed by atoms with Crippen LogP contribution in [0.4, 0.5) is 0 Å². The van der Waals surface area contributed by atoms with Gasteiger partial charge in [-0.25, -0.2) is 4.98 Å². The Morgan fingerprint density at radius 3 is 2.94 bits per heavy atom. The van der Waals surface area contributed by atoms with E-state index in [0.717, 1.165) is 24.3 Å². The molecule has 0 bridgehead atoms. The Balaban J connectivity index is 1.66. The summed E-state index contributed by atoms with van der Waals surface area (Å²) in [7, 11) is 0. The Hall–Kier alpha value is -0.480. The van der Waals surface area contributed by atoms with E-state index in [1.165, 1.54) is 50.1 Å². The highest BCUT2D eigenvalue weighted by atomic mass is 32.2. The number of nitrogens with zero attached hydrogens (tertiary/aromatic N) is 2. The van der Waals surface area contributed by atoms with Crippen molar-refractivity contribution in [2.75, 3.05) is 18.8 Å². The summed E-state index contributed by atoms with van der Waals surface area (Å²) in [5.74, 6) is 2.07. The van der Waals surface area contributed by atoms with Crippen LogP contribution in [0, 0.1) is 0 Å². The second kappa shape index (κ2) is 6.11. The van der Waals surface area contributed by atoms with Crippen LogP contribution in [0.15, 0.2) is 12.5 Å². The molecule has 0 spiro atoms. The maximum Gasteiger partial charge on any atom is 0.0948 e. The van der Waals surface area contributed by atoms with Crippen molar-refractivity contribution in [1.82, 2.24) is 14.9 Å². The average molecular weight is 265 g/mol. The molecule has 1 atom stereocenters. The fourth-order valence-corrected chi connectivity index (χ4v) is 4.42. The molecule has 100 valence electrons. The molecule has 0 radical (unpaired) electrons. The Labute approximate surface area is 114 Å². The zero-order valence-corrected chi connectivity index (χ0v) is 11.8. The predicted octanol–water partition coefficient (Wildman–Crippen LogP) is 2.64. The van der Waals surface area contributed by atoms with Crippen LogP contribution in [0.25, 0.3) is 0 Å². The molecular formula is C14H23N3S. The SMILES string of the molecule is c1ncn(CC2CCCCS2)c1C1CCNCC1. The molecule has 0 amide bonds. The zero-order valence-electron chi connectivity index (χ0n) is 11.0. The van der Waals surface area contributed by atoms with Crippen molar-refractivity contribution < 1.29 is 0 Å². The summed E-state index contributed by atoms with van der Waals surface area (Å²) in [5.41, 5.74) is 1.47. The van der Waals surface area contributed by atoms with E-state index in [-0.39, 0.29) is 0 Å². The average Bonchev–Trinajstić information content (AvgIpc) is 2.89. The highest BCUT2D eigenvalue weighted by Gasteiger charge is 2.21. The highest BCUT2D eigenvalue weighted by Crippen LogP contribution is 2.29. The minimum Gasteiger partial charge on any atom is -0.333 e. The molecule has 4 heteroatoms. The lowest BCUT2D eigenvalue weighted by atomic mass is 9.95. The third-order valence-electron chi connectivity index (χ3n) is 4.18. The topological polar surface area (TPSA) is 29.9 Å². The number of hydrogen-bond donors (Lipinski definition) is 1. The number of hydrogen-bond acceptors (Lipinski definition) is 3. The summed E-state index contributed by atoms with van der Waals surface area (Å²) in [4.78, 5) is 4.40. The molecule has 2 saturated heterocycles. The zero-order chi connectivity index (χ0) is 12.2. The molecule has 2 aliphatic rings. The number of piperidine rings is 1. The van der Waals surface area contributed by atoms with Gasteiger partial charge in [0.2, 0.25) is 0 Å². The quantitative estimate of drug-likeness (QED) is 0.911. The molecule has 1 aromatic heterocycles. The summed E-state index contributed by atoms with van der Waals surface area (Å²) in [6.45, 7) is 3.49. The molecule has 2 fully saturated rings. The van der Waals surface area contributed by atoms with Gasteiger partial charge < -0.3 is 9.88 Å². The Kier molecular flexibility index (Phi) is 4.26. The number of nitrogens with one attached hydrogen (secondary N) is 1. The van der Waals surface area contributed by atoms with Crippen molar-refractivity contribution in [3.05, 3.63) is 18.2 Å². The van der Waals surface area contributed by atoms with Crippen LogP contribution in [0.3, 0.4) is 0 Å². The lowest BCUT2D eigenvalue weighted by molar-refractivity contribution is 0.435. The van der Waals surface area contributed by atoms with Gasteiger partial charge in [-0.2, -0.15) is 11.8 Å². The maximum absolute atomic E-state index is 4.40. The summed E-state index contributed by atoms with van der Waals surface area (Å²) in [6.07, 6.45) is 10.9. The second-order valence-corrected chi connectivity index (χ2v) is 6.89. The molecule has 0 aliphatic carbocycles. The van der Waals surface area contributed by atoms with E-state index in [1.807, 2.05) is 6.33 Å². The first-order chi connectivity index (χ1) is 8.93. The first-order valence-corrected chi connectivity index (χ1v) is 8.31. The van der Waals surface area contributed by atoms with E-state index in [9.17, 15) is 0 Å². The number of thioether (sulfide) groups is 1. The fourth-order valence-electron chi connectivity index (χ4n) is 3.11. The van der Waals surface area contributed by atoms with Gasteiger partial charge in [-0.05, 0) is 44.5 Å². The molecule has 3 rings (SSSR count). The van der Waals surface area contributed by atoms with Crippen LogP contribution < -0.4 is 5.32 Å². The van der Waals surface area contributed by atoms with Gasteiger partial charge in [0.05, 0.1) is 6.33 Å². The van der Waals surface area contributed by atoms with Gasteiger partial charge in [-0.1, -0.05) is 6.42 Å². The Morgan fingerprint density at radius 2 is 2.17 bits per heavy atom. The minimum atomic E-state index is 0.724. The predicted molar refractivity (Wildman–Crippen MR) is 77.2 cm³/mol. The smallest absolute Gasteiger partial charge is 0.0948 e. The van der Waals surface area contributed by atoms with Crippen LogP contribution in [-0.4, -0.2) is 33.6 Å². The highest BCUT2D eigenvalue weighted by molar-refractivity contribution is 7.99. The molecular weight excluding hydrogens is 242 g/mol. The molecule has 1 aromatic rings. The molecule has 1 unspecified atom stereocenters. The largest absolute Gasteiger partial charge is 0.333 e. The van der Waals surface area contributed by atoms with Crippen molar-refractivity contribution in [1.29, 1.82) is 0 Å². The Bertz CT molecular complexity index is 365. The van der Waals surface area contributed by atoms with Crippen molar-refractivity contribution in [2.45, 2.75) is 49.8 Å². The number of rotatable bonds is 3. The summed E-state index contributed by atoms with van der Waals surface area (Å²) in [5, 5.41) is 4.26. The molecule has 0 saturated carbocycles. The van der Waals surface area contributed by atoms with Gasteiger partial charge in [0.25, 0.3) is 0 Å². The van der Waals surface area contributed by atoms with Crippen LogP contribution in [0.5, 0.6) is 0 Å². The van der Waals surface area contributed by atoms with Crippen LogP contribution >= 0.6 is 11.8 Å². The van der Waals surface area contributed by atoms with Crippen LogP contribution in [0.2, 0.25) is 0 Å². The number of imidazole rings is 1. The van der Waals surface area contributed by atoms with E-state index in [1.54, 1.807) is 0 Å². The van der Waals surface area contributed by atoms with E-state index >= 15 is 0 Å². The van der Waals surface area contributed by atoms with Crippen molar-refractivity contribution in [2.24, 2.45) is 0 Å². The minimum absolute atomic E-state index is 0.724. The summed E-state index contributed by atoms with van der Waals surface area (Å²) < 4.78 is 2.43. The maximum atomic E-state index is 4.40. The van der Waals surface area contributed by atoms with Gasteiger partial charge in [0.15, 0.2) is 0 Å². The van der Waals surface area contributed by atoms with Crippen LogP contribution in [0.1, 0.15) is 43.7 Å². The molecule has 2 aliphatic heterocycles. The fraction of sp³-hybridized carbons (Fsp3) is 0.786. The van der Waals surface area contributed by atoms with Gasteiger partial charge >= 0.3 is 0 Å². The van der Waals surface area contributed by atoms with E-state index < -0.39 is 0 Å². The molecule has 3 heterocycles. The molecule has 3 nitrogen and oxygen atoms in total. The van der Waals surface area contributed by atoms with E-state index in [2.05, 4.69) is 32.8 Å². The lowest BCUT2D eigenvalue weighted by Crippen LogP contribution is -2.28. The van der Waals surface area contributed by atoms with Gasteiger partial charge in [0, 0.05) is 29.6 Å². The Morgan fingerprint density at radius 1 is 1.28 bits per heavy atom. The molecule has 18 heavy (non-hydrogen) atoms. The van der Waals surface area contributed by atoms with E-state index in [4.69, 9.17) is 0 Å². The van der Waals surface area contributed by atoms with Gasteiger partial charge in [-0.3, -0.25) is 0 Å². The number of aromatic nitrogens is 2. The van der Waals surface area contributed by atoms with Crippen molar-refractivity contribution >= 4 is 11.8 Å². The van der Waals surface area contributed by atoms with Crippen molar-refractivity contribution in [3.8, 4) is 0 Å². The van der Waals surface area contributed by atoms with Crippen molar-refractivity contribution in [3.63, 3.8) is 0 Å². The molecule has 1 N–H and O–H groups in total. The monoisotopic (exact) mass is 265 g/mol. The summed E-state index contributed by atoms with van der Waals surface area (Å²) in [6, 6.07) is 0. The molecule has 0 aromatic carbocycles.